The summed E-state index contributed by atoms with van der Waals surface area (Å²) in [6.45, 7) is -1.15. The van der Waals surface area contributed by atoms with Crippen molar-refractivity contribution in [3.05, 3.63) is 12.4 Å². The molecule has 1 aromatic rings. The van der Waals surface area contributed by atoms with Crippen LogP contribution in [0.3, 0.4) is 0 Å². The second-order valence-electron chi connectivity index (χ2n) is 3.33. The Morgan fingerprint density at radius 3 is 2.76 bits per heavy atom. The van der Waals surface area contributed by atoms with Crippen LogP contribution in [0.5, 0.6) is 0 Å². The predicted octanol–water partition coefficient (Wildman–Crippen LogP) is -0.495. The molecule has 1 unspecified atom stereocenters. The third-order valence-electron chi connectivity index (χ3n) is 1.83. The van der Waals surface area contributed by atoms with E-state index in [1.165, 1.54) is 17.1 Å². The number of carbonyl (C=O) groups excluding carboxylic acids is 1. The van der Waals surface area contributed by atoms with Gasteiger partial charge < -0.3 is 16.2 Å². The molecule has 0 radical (unpaired) electrons. The maximum Gasteiger partial charge on any atom is 0.416 e. The molecule has 6 nitrogen and oxygen atoms in total. The fourth-order valence-corrected chi connectivity index (χ4v) is 0.995. The van der Waals surface area contributed by atoms with Gasteiger partial charge in [-0.2, -0.15) is 18.3 Å². The second kappa shape index (κ2) is 5.04. The van der Waals surface area contributed by atoms with E-state index >= 15 is 0 Å². The fraction of sp³-hybridized carbons (Fsp3) is 0.500. The van der Waals surface area contributed by atoms with E-state index in [1.54, 1.807) is 0 Å². The van der Waals surface area contributed by atoms with Gasteiger partial charge in [0.05, 0.1) is 18.4 Å². The van der Waals surface area contributed by atoms with Gasteiger partial charge >= 0.3 is 6.18 Å². The SMILES string of the molecule is Nc1cnn(CC(=O)NCC(O)C(F)(F)F)c1. The molecule has 1 heterocycles. The molecule has 0 aromatic carbocycles. The van der Waals surface area contributed by atoms with Crippen LogP contribution in [-0.2, 0) is 11.3 Å². The molecule has 9 heteroatoms. The number of alkyl halides is 3. The summed E-state index contributed by atoms with van der Waals surface area (Å²) in [5, 5.41) is 14.2. The first kappa shape index (κ1) is 13.3. The van der Waals surface area contributed by atoms with Crippen LogP contribution in [0, 0.1) is 0 Å². The predicted molar refractivity (Wildman–Crippen MR) is 51.7 cm³/mol. The molecule has 1 amide bonds. The number of amides is 1. The van der Waals surface area contributed by atoms with E-state index in [0.29, 0.717) is 5.69 Å². The summed E-state index contributed by atoms with van der Waals surface area (Å²) >= 11 is 0. The van der Waals surface area contributed by atoms with Gasteiger partial charge in [0.2, 0.25) is 5.91 Å². The van der Waals surface area contributed by atoms with Gasteiger partial charge in [-0.3, -0.25) is 9.48 Å². The number of halogens is 3. The highest BCUT2D eigenvalue weighted by Crippen LogP contribution is 2.19. The molecule has 0 bridgehead atoms. The maximum absolute atomic E-state index is 11.9. The van der Waals surface area contributed by atoms with Gasteiger partial charge in [-0.05, 0) is 0 Å². The third kappa shape index (κ3) is 4.31. The van der Waals surface area contributed by atoms with Crippen LogP contribution >= 0.6 is 0 Å². The van der Waals surface area contributed by atoms with E-state index in [2.05, 4.69) is 5.10 Å². The van der Waals surface area contributed by atoms with Crippen LogP contribution in [0.15, 0.2) is 12.4 Å². The summed E-state index contributed by atoms with van der Waals surface area (Å²) in [4.78, 5) is 11.2. The van der Waals surface area contributed by atoms with Crippen molar-refractivity contribution in [1.29, 1.82) is 0 Å². The zero-order valence-corrected chi connectivity index (χ0v) is 8.61. The molecular formula is C8H11F3N4O2. The van der Waals surface area contributed by atoms with Crippen LogP contribution in [0.25, 0.3) is 0 Å². The number of nitrogens with one attached hydrogen (secondary N) is 1. The minimum absolute atomic E-state index is 0.262. The summed E-state index contributed by atoms with van der Waals surface area (Å²) in [6.07, 6.45) is -4.66. The molecule has 0 aliphatic rings. The van der Waals surface area contributed by atoms with E-state index in [4.69, 9.17) is 10.8 Å². The Hall–Kier alpha value is -1.77. The Kier molecular flexibility index (Phi) is 3.94. The Morgan fingerprint density at radius 2 is 2.29 bits per heavy atom. The van der Waals surface area contributed by atoms with Crippen LogP contribution in [0.1, 0.15) is 0 Å². The van der Waals surface area contributed by atoms with Gasteiger partial charge in [0.15, 0.2) is 6.10 Å². The standard InChI is InChI=1S/C8H11F3N4O2/c9-8(10,11)6(16)2-13-7(17)4-15-3-5(12)1-14-15/h1,3,6,16H,2,4,12H2,(H,13,17). The number of aliphatic hydroxyl groups is 1. The van der Waals surface area contributed by atoms with Gasteiger partial charge in [-0.25, -0.2) is 0 Å². The number of aromatic nitrogens is 2. The van der Waals surface area contributed by atoms with E-state index in [0.717, 1.165) is 0 Å². The number of rotatable bonds is 4. The highest BCUT2D eigenvalue weighted by Gasteiger charge is 2.38. The minimum Gasteiger partial charge on any atom is -0.396 e. The van der Waals surface area contributed by atoms with Crippen LogP contribution in [0.4, 0.5) is 18.9 Å². The number of nitrogens with zero attached hydrogens (tertiary/aromatic N) is 2. The number of anilines is 1. The summed E-state index contributed by atoms with van der Waals surface area (Å²) in [7, 11) is 0. The lowest BCUT2D eigenvalue weighted by Gasteiger charge is -2.14. The molecule has 17 heavy (non-hydrogen) atoms. The number of hydrogen-bond acceptors (Lipinski definition) is 4. The van der Waals surface area contributed by atoms with Crippen molar-refractivity contribution < 1.29 is 23.1 Å². The minimum atomic E-state index is -4.75. The molecule has 4 N–H and O–H groups in total. The van der Waals surface area contributed by atoms with Crippen molar-refractivity contribution in [2.45, 2.75) is 18.8 Å². The number of hydrogen-bond donors (Lipinski definition) is 3. The lowest BCUT2D eigenvalue weighted by Crippen LogP contribution is -2.41. The molecule has 0 aliphatic carbocycles. The zero-order chi connectivity index (χ0) is 13.1. The van der Waals surface area contributed by atoms with Crippen molar-refractivity contribution in [1.82, 2.24) is 15.1 Å². The third-order valence-corrected chi connectivity index (χ3v) is 1.83. The van der Waals surface area contributed by atoms with E-state index < -0.39 is 24.7 Å². The Morgan fingerprint density at radius 1 is 1.65 bits per heavy atom. The Bertz CT molecular complexity index is 390. The van der Waals surface area contributed by atoms with Crippen molar-refractivity contribution in [2.24, 2.45) is 0 Å². The number of nitrogens with two attached hydrogens (primary N) is 1. The van der Waals surface area contributed by atoms with Gasteiger partial charge in [0, 0.05) is 6.20 Å². The van der Waals surface area contributed by atoms with E-state index in [-0.39, 0.29) is 6.54 Å². The van der Waals surface area contributed by atoms with Crippen molar-refractivity contribution in [3.8, 4) is 0 Å². The summed E-state index contributed by atoms with van der Waals surface area (Å²) in [5.74, 6) is -0.698. The molecular weight excluding hydrogens is 241 g/mol. The molecule has 1 aromatic heterocycles. The molecule has 96 valence electrons. The Balaban J connectivity index is 2.36. The van der Waals surface area contributed by atoms with Crippen molar-refractivity contribution >= 4 is 11.6 Å². The molecule has 1 rings (SSSR count). The molecule has 0 aliphatic heterocycles. The molecule has 0 spiro atoms. The zero-order valence-electron chi connectivity index (χ0n) is 8.61. The normalized spacial score (nSPS) is 13.4. The summed E-state index contributed by atoms with van der Waals surface area (Å²) in [6, 6.07) is 0. The number of aliphatic hydroxyl groups excluding tert-OH is 1. The fourth-order valence-electron chi connectivity index (χ4n) is 0.995. The Labute approximate surface area is 94.2 Å². The molecule has 0 fully saturated rings. The quantitative estimate of drug-likeness (QED) is 0.673. The van der Waals surface area contributed by atoms with Gasteiger partial charge in [0.1, 0.15) is 6.54 Å². The topological polar surface area (TPSA) is 93.2 Å². The maximum atomic E-state index is 11.9. The van der Waals surface area contributed by atoms with Gasteiger partial charge in [0.25, 0.3) is 0 Å². The smallest absolute Gasteiger partial charge is 0.396 e. The molecule has 0 saturated carbocycles. The molecule has 0 saturated heterocycles. The van der Waals surface area contributed by atoms with E-state index in [9.17, 15) is 18.0 Å². The van der Waals surface area contributed by atoms with Crippen LogP contribution in [-0.4, -0.2) is 39.6 Å². The first-order valence-corrected chi connectivity index (χ1v) is 4.58. The first-order valence-electron chi connectivity index (χ1n) is 4.58. The molecule has 1 atom stereocenters. The summed E-state index contributed by atoms with van der Waals surface area (Å²) in [5.41, 5.74) is 5.67. The van der Waals surface area contributed by atoms with Gasteiger partial charge in [-0.15, -0.1) is 0 Å². The number of carbonyl (C=O) groups is 1. The highest BCUT2D eigenvalue weighted by molar-refractivity contribution is 5.75. The lowest BCUT2D eigenvalue weighted by atomic mass is 10.3. The summed E-state index contributed by atoms with van der Waals surface area (Å²) < 4.78 is 36.9. The average Bonchev–Trinajstić information content (AvgIpc) is 2.58. The van der Waals surface area contributed by atoms with E-state index in [1.807, 2.05) is 5.32 Å². The highest BCUT2D eigenvalue weighted by atomic mass is 19.4. The van der Waals surface area contributed by atoms with Crippen LogP contribution < -0.4 is 11.1 Å². The van der Waals surface area contributed by atoms with Crippen molar-refractivity contribution in [2.75, 3.05) is 12.3 Å². The lowest BCUT2D eigenvalue weighted by molar-refractivity contribution is -0.201. The first-order chi connectivity index (χ1) is 7.79. The largest absolute Gasteiger partial charge is 0.416 e. The van der Waals surface area contributed by atoms with Crippen LogP contribution in [0.2, 0.25) is 0 Å². The van der Waals surface area contributed by atoms with Crippen molar-refractivity contribution in [3.63, 3.8) is 0 Å². The monoisotopic (exact) mass is 252 g/mol. The number of nitrogen functional groups attached to an aromatic ring is 1. The second-order valence-corrected chi connectivity index (χ2v) is 3.33. The average molecular weight is 252 g/mol. The van der Waals surface area contributed by atoms with Gasteiger partial charge in [-0.1, -0.05) is 0 Å².